The van der Waals surface area contributed by atoms with Crippen LogP contribution in [0.5, 0.6) is 0 Å². The molecular formula is C23H22F2N4O3. The van der Waals surface area contributed by atoms with Crippen LogP contribution >= 0.6 is 0 Å². The number of aryl methyl sites for hydroxylation is 1. The van der Waals surface area contributed by atoms with Gasteiger partial charge in [-0.1, -0.05) is 19.1 Å². The first kappa shape index (κ1) is 22.8. The maximum Gasteiger partial charge on any atom is 0.267 e. The number of carbonyl (C=O) groups excluding carboxylic acids is 2. The molecular weight excluding hydrogens is 418 g/mol. The van der Waals surface area contributed by atoms with Crippen molar-refractivity contribution >= 4 is 23.2 Å². The number of hydrogen-bond donors (Lipinski definition) is 2. The van der Waals surface area contributed by atoms with Crippen LogP contribution in [0, 0.1) is 18.6 Å². The summed E-state index contributed by atoms with van der Waals surface area (Å²) < 4.78 is 28.2. The number of halogens is 2. The molecule has 9 heteroatoms. The van der Waals surface area contributed by atoms with Crippen molar-refractivity contribution in [3.8, 4) is 11.3 Å². The lowest BCUT2D eigenvalue weighted by molar-refractivity contribution is -0.119. The largest absolute Gasteiger partial charge is 0.326 e. The maximum atomic E-state index is 13.9. The quantitative estimate of drug-likeness (QED) is 0.605. The van der Waals surface area contributed by atoms with Crippen LogP contribution in [0.25, 0.3) is 11.3 Å². The summed E-state index contributed by atoms with van der Waals surface area (Å²) in [6.07, 6.45) is 0.325. The Hall–Kier alpha value is -3.88. The van der Waals surface area contributed by atoms with Gasteiger partial charge in [0.2, 0.25) is 11.8 Å². The highest BCUT2D eigenvalue weighted by molar-refractivity contribution is 5.93. The van der Waals surface area contributed by atoms with Gasteiger partial charge in [0.25, 0.3) is 5.56 Å². The van der Waals surface area contributed by atoms with E-state index in [0.717, 1.165) is 28.4 Å². The molecule has 3 rings (SSSR count). The van der Waals surface area contributed by atoms with E-state index in [2.05, 4.69) is 15.7 Å². The van der Waals surface area contributed by atoms with Crippen LogP contribution in [0.2, 0.25) is 0 Å². The number of nitrogens with zero attached hydrogens (tertiary/aromatic N) is 2. The molecule has 2 aromatic carbocycles. The standard InChI is InChI=1S/C23H22F2N4O3/c1-4-21(30)26-19-11-15(6-5-13(19)2)18-9-10-22(31)29(28-18)14(3)23(32)27-20-12-16(24)7-8-17(20)25/h5-12,14H,4H2,1-3H3,(H,26,30)(H,27,32)/t14-/m0/s1. The van der Waals surface area contributed by atoms with Gasteiger partial charge in [-0.25, -0.2) is 13.5 Å². The molecule has 2 N–H and O–H groups in total. The lowest BCUT2D eigenvalue weighted by Crippen LogP contribution is -2.33. The minimum Gasteiger partial charge on any atom is -0.326 e. The summed E-state index contributed by atoms with van der Waals surface area (Å²) in [4.78, 5) is 36.7. The molecule has 32 heavy (non-hydrogen) atoms. The zero-order valence-corrected chi connectivity index (χ0v) is 17.8. The first-order chi connectivity index (χ1) is 15.2. The number of aromatic nitrogens is 2. The first-order valence-corrected chi connectivity index (χ1v) is 9.96. The van der Waals surface area contributed by atoms with Crippen LogP contribution in [0.4, 0.5) is 20.2 Å². The van der Waals surface area contributed by atoms with Gasteiger partial charge < -0.3 is 10.6 Å². The minimum absolute atomic E-state index is 0.141. The van der Waals surface area contributed by atoms with E-state index in [1.807, 2.05) is 6.92 Å². The van der Waals surface area contributed by atoms with Crippen molar-refractivity contribution < 1.29 is 18.4 Å². The van der Waals surface area contributed by atoms with E-state index >= 15 is 0 Å². The van der Waals surface area contributed by atoms with Crippen LogP contribution in [0.15, 0.2) is 53.3 Å². The van der Waals surface area contributed by atoms with E-state index in [1.54, 1.807) is 25.1 Å². The lowest BCUT2D eigenvalue weighted by Gasteiger charge is -2.16. The third-order valence-corrected chi connectivity index (χ3v) is 4.89. The summed E-state index contributed by atoms with van der Waals surface area (Å²) in [5.41, 5.74) is 1.62. The molecule has 0 aliphatic carbocycles. The van der Waals surface area contributed by atoms with Crippen LogP contribution in [-0.4, -0.2) is 21.6 Å². The summed E-state index contributed by atoms with van der Waals surface area (Å²) in [5, 5.41) is 9.37. The molecule has 0 spiro atoms. The summed E-state index contributed by atoms with van der Waals surface area (Å²) >= 11 is 0. The summed E-state index contributed by atoms with van der Waals surface area (Å²) in [6.45, 7) is 5.02. The number of amides is 2. The van der Waals surface area contributed by atoms with Gasteiger partial charge in [-0.15, -0.1) is 0 Å². The summed E-state index contributed by atoms with van der Waals surface area (Å²) in [5.74, 6) is -2.39. The van der Waals surface area contributed by atoms with E-state index in [4.69, 9.17) is 0 Å². The number of hydrogen-bond acceptors (Lipinski definition) is 4. The smallest absolute Gasteiger partial charge is 0.267 e. The first-order valence-electron chi connectivity index (χ1n) is 9.96. The Balaban J connectivity index is 1.91. The second kappa shape index (κ2) is 9.51. The molecule has 0 aliphatic heterocycles. The average molecular weight is 440 g/mol. The fourth-order valence-electron chi connectivity index (χ4n) is 2.95. The Morgan fingerprint density at radius 3 is 2.50 bits per heavy atom. The summed E-state index contributed by atoms with van der Waals surface area (Å²) in [6, 6.07) is 9.66. The van der Waals surface area contributed by atoms with E-state index < -0.39 is 29.1 Å². The Bertz CT molecular complexity index is 1240. The van der Waals surface area contributed by atoms with Crippen molar-refractivity contribution in [1.82, 2.24) is 9.78 Å². The van der Waals surface area contributed by atoms with E-state index in [-0.39, 0.29) is 11.6 Å². The topological polar surface area (TPSA) is 93.1 Å². The Morgan fingerprint density at radius 2 is 1.78 bits per heavy atom. The molecule has 0 saturated heterocycles. The van der Waals surface area contributed by atoms with Crippen molar-refractivity contribution in [1.29, 1.82) is 0 Å². The molecule has 1 aromatic heterocycles. The molecule has 2 amide bonds. The molecule has 1 atom stereocenters. The zero-order chi connectivity index (χ0) is 23.4. The van der Waals surface area contributed by atoms with E-state index in [0.29, 0.717) is 23.4 Å². The van der Waals surface area contributed by atoms with Crippen molar-refractivity contribution in [2.75, 3.05) is 10.6 Å². The van der Waals surface area contributed by atoms with Gasteiger partial charge in [0, 0.05) is 29.8 Å². The van der Waals surface area contributed by atoms with Crippen molar-refractivity contribution in [3.63, 3.8) is 0 Å². The highest BCUT2D eigenvalue weighted by Crippen LogP contribution is 2.24. The van der Waals surface area contributed by atoms with Crippen LogP contribution < -0.4 is 16.2 Å². The average Bonchev–Trinajstić information content (AvgIpc) is 2.77. The Kier molecular flexibility index (Phi) is 6.77. The Morgan fingerprint density at radius 1 is 1.03 bits per heavy atom. The minimum atomic E-state index is -1.10. The van der Waals surface area contributed by atoms with Crippen LogP contribution in [0.3, 0.4) is 0 Å². The van der Waals surface area contributed by atoms with Crippen molar-refractivity contribution in [2.24, 2.45) is 0 Å². The molecule has 0 fully saturated rings. The highest BCUT2D eigenvalue weighted by Gasteiger charge is 2.20. The molecule has 0 saturated carbocycles. The van der Waals surface area contributed by atoms with Crippen molar-refractivity contribution in [2.45, 2.75) is 33.2 Å². The molecule has 166 valence electrons. The molecule has 7 nitrogen and oxygen atoms in total. The van der Waals surface area contributed by atoms with Gasteiger partial charge in [-0.2, -0.15) is 5.10 Å². The molecule has 0 bridgehead atoms. The fourth-order valence-corrected chi connectivity index (χ4v) is 2.95. The van der Waals surface area contributed by atoms with Crippen LogP contribution in [0.1, 0.15) is 31.9 Å². The number of rotatable bonds is 6. The highest BCUT2D eigenvalue weighted by atomic mass is 19.1. The van der Waals surface area contributed by atoms with E-state index in [9.17, 15) is 23.2 Å². The second-order valence-corrected chi connectivity index (χ2v) is 7.22. The normalized spacial score (nSPS) is 11.7. The van der Waals surface area contributed by atoms with Gasteiger partial charge in [-0.05, 0) is 43.7 Å². The molecule has 0 aliphatic rings. The van der Waals surface area contributed by atoms with Gasteiger partial charge in [0.1, 0.15) is 17.7 Å². The predicted molar refractivity (Wildman–Crippen MR) is 117 cm³/mol. The number of nitrogens with one attached hydrogen (secondary N) is 2. The lowest BCUT2D eigenvalue weighted by atomic mass is 10.1. The zero-order valence-electron chi connectivity index (χ0n) is 17.8. The van der Waals surface area contributed by atoms with E-state index in [1.165, 1.54) is 19.1 Å². The SMILES string of the molecule is CCC(=O)Nc1cc(-c2ccc(=O)n([C@@H](C)C(=O)Nc3cc(F)ccc3F)n2)ccc1C. The molecule has 0 unspecified atom stereocenters. The second-order valence-electron chi connectivity index (χ2n) is 7.22. The van der Waals surface area contributed by atoms with Gasteiger partial charge in [0.15, 0.2) is 0 Å². The third-order valence-electron chi connectivity index (χ3n) is 4.89. The third kappa shape index (κ3) is 5.05. The van der Waals surface area contributed by atoms with Gasteiger partial charge >= 0.3 is 0 Å². The van der Waals surface area contributed by atoms with Crippen molar-refractivity contribution in [3.05, 3.63) is 76.1 Å². The summed E-state index contributed by atoms with van der Waals surface area (Å²) in [7, 11) is 0. The number of carbonyl (C=O) groups is 2. The Labute approximate surface area is 183 Å². The molecule has 3 aromatic rings. The maximum absolute atomic E-state index is 13.9. The van der Waals surface area contributed by atoms with Gasteiger partial charge in [0.05, 0.1) is 11.4 Å². The molecule has 1 heterocycles. The number of benzene rings is 2. The number of anilines is 2. The fraction of sp³-hybridized carbons (Fsp3) is 0.217. The van der Waals surface area contributed by atoms with Gasteiger partial charge in [-0.3, -0.25) is 14.4 Å². The monoisotopic (exact) mass is 440 g/mol. The van der Waals surface area contributed by atoms with Crippen LogP contribution in [-0.2, 0) is 9.59 Å². The predicted octanol–water partition coefficient (Wildman–Crippen LogP) is 4.05. The molecule has 0 radical (unpaired) electrons.